The summed E-state index contributed by atoms with van der Waals surface area (Å²) < 4.78 is 0. The summed E-state index contributed by atoms with van der Waals surface area (Å²) in [6.45, 7) is 15.9. The van der Waals surface area contributed by atoms with E-state index in [1.165, 1.54) is 19.3 Å². The van der Waals surface area contributed by atoms with Crippen LogP contribution in [0, 0.1) is 39.9 Å². The van der Waals surface area contributed by atoms with Crippen molar-refractivity contribution in [3.8, 4) is 0 Å². The lowest BCUT2D eigenvalue weighted by Gasteiger charge is -2.58. The van der Waals surface area contributed by atoms with Gasteiger partial charge in [-0.15, -0.1) is 0 Å². The monoisotopic (exact) mass is 428 g/mol. The quantitative estimate of drug-likeness (QED) is 0.646. The molecule has 4 aliphatic rings. The number of carbonyl (C=O) groups is 2. The van der Waals surface area contributed by atoms with Crippen molar-refractivity contribution in [2.24, 2.45) is 39.9 Å². The third-order valence-electron chi connectivity index (χ3n) is 9.44. The van der Waals surface area contributed by atoms with E-state index in [2.05, 4.69) is 65.2 Å². The van der Waals surface area contributed by atoms with Crippen molar-refractivity contribution in [3.05, 3.63) is 12.2 Å². The second kappa shape index (κ2) is 7.35. The molecule has 0 saturated heterocycles. The molecule has 3 fully saturated rings. The van der Waals surface area contributed by atoms with Gasteiger partial charge in [0.15, 0.2) is 0 Å². The minimum Gasteiger partial charge on any atom is -0.351 e. The van der Waals surface area contributed by atoms with Gasteiger partial charge in [0.05, 0.1) is 0 Å². The van der Waals surface area contributed by atoms with E-state index in [1.54, 1.807) is 6.08 Å². The van der Waals surface area contributed by atoms with Crippen LogP contribution in [-0.4, -0.2) is 23.4 Å². The molecule has 4 rings (SSSR count). The highest BCUT2D eigenvalue weighted by molar-refractivity contribution is 5.89. The average Bonchev–Trinajstić information content (AvgIpc) is 2.97. The molecule has 2 amide bonds. The highest BCUT2D eigenvalue weighted by Gasteiger charge is 2.61. The van der Waals surface area contributed by atoms with Gasteiger partial charge in [-0.05, 0) is 93.5 Å². The maximum absolute atomic E-state index is 13.5. The van der Waals surface area contributed by atoms with Crippen molar-refractivity contribution in [1.82, 2.24) is 10.6 Å². The molecular weight excluding hydrogens is 384 g/mol. The molecule has 0 aromatic carbocycles. The van der Waals surface area contributed by atoms with Gasteiger partial charge in [0, 0.05) is 22.9 Å². The molecule has 3 saturated carbocycles. The zero-order chi connectivity index (χ0) is 22.8. The Balaban J connectivity index is 1.51. The lowest BCUT2D eigenvalue weighted by Crippen LogP contribution is -2.60. The van der Waals surface area contributed by atoms with Gasteiger partial charge in [0.2, 0.25) is 11.8 Å². The van der Waals surface area contributed by atoms with E-state index in [-0.39, 0.29) is 45.6 Å². The van der Waals surface area contributed by atoms with Gasteiger partial charge < -0.3 is 10.6 Å². The summed E-state index contributed by atoms with van der Waals surface area (Å²) in [6, 6.07) is 0.273. The van der Waals surface area contributed by atoms with Crippen LogP contribution in [0.15, 0.2) is 12.2 Å². The van der Waals surface area contributed by atoms with Gasteiger partial charge in [-0.3, -0.25) is 9.59 Å². The number of rotatable bonds is 3. The van der Waals surface area contributed by atoms with E-state index in [1.807, 2.05) is 0 Å². The lowest BCUT2D eigenvalue weighted by atomic mass is 9.48. The summed E-state index contributed by atoms with van der Waals surface area (Å²) in [5.41, 5.74) is 0.173. The lowest BCUT2D eigenvalue weighted by molar-refractivity contribution is -0.135. The van der Waals surface area contributed by atoms with Gasteiger partial charge in [0.25, 0.3) is 0 Å². The second-order valence-electron chi connectivity index (χ2n) is 13.5. The molecule has 0 radical (unpaired) electrons. The normalized spacial score (nSPS) is 42.3. The van der Waals surface area contributed by atoms with Gasteiger partial charge in [-0.25, -0.2) is 0 Å². The smallest absolute Gasteiger partial charge is 0.243 e. The van der Waals surface area contributed by atoms with E-state index in [0.29, 0.717) is 17.8 Å². The fourth-order valence-corrected chi connectivity index (χ4v) is 8.55. The molecule has 31 heavy (non-hydrogen) atoms. The Kier molecular flexibility index (Phi) is 5.42. The summed E-state index contributed by atoms with van der Waals surface area (Å²) in [6.07, 6.45) is 11.7. The van der Waals surface area contributed by atoms with Crippen LogP contribution >= 0.6 is 0 Å². The third-order valence-corrected chi connectivity index (χ3v) is 9.44. The van der Waals surface area contributed by atoms with Gasteiger partial charge in [-0.2, -0.15) is 0 Å². The van der Waals surface area contributed by atoms with Crippen LogP contribution in [-0.2, 0) is 9.59 Å². The fourth-order valence-electron chi connectivity index (χ4n) is 8.55. The van der Waals surface area contributed by atoms with Crippen LogP contribution < -0.4 is 10.6 Å². The highest BCUT2D eigenvalue weighted by atomic mass is 16.2. The number of carbonyl (C=O) groups excluding carboxylic acids is 2. The molecule has 174 valence electrons. The summed E-state index contributed by atoms with van der Waals surface area (Å²) in [5.74, 6) is 2.38. The molecule has 0 spiro atoms. The number of amides is 2. The van der Waals surface area contributed by atoms with E-state index < -0.39 is 0 Å². The first-order valence-electron chi connectivity index (χ1n) is 12.6. The van der Waals surface area contributed by atoms with E-state index in [0.717, 1.165) is 25.7 Å². The van der Waals surface area contributed by atoms with Crippen molar-refractivity contribution in [2.75, 3.05) is 0 Å². The Morgan fingerprint density at radius 2 is 1.77 bits per heavy atom. The molecular formula is C27H44N2O2. The number of nitrogens with one attached hydrogen (secondary N) is 2. The van der Waals surface area contributed by atoms with E-state index in [4.69, 9.17) is 0 Å². The van der Waals surface area contributed by atoms with E-state index in [9.17, 15) is 9.59 Å². The van der Waals surface area contributed by atoms with Crippen molar-refractivity contribution in [1.29, 1.82) is 0 Å². The average molecular weight is 429 g/mol. The molecule has 2 N–H and O–H groups in total. The fraction of sp³-hybridized carbons (Fsp3) is 0.852. The first-order chi connectivity index (χ1) is 14.3. The Bertz CT molecular complexity index is 779. The zero-order valence-electron chi connectivity index (χ0n) is 20.8. The summed E-state index contributed by atoms with van der Waals surface area (Å²) >= 11 is 0. The summed E-state index contributed by atoms with van der Waals surface area (Å²) in [5, 5.41) is 6.69. The van der Waals surface area contributed by atoms with Crippen molar-refractivity contribution in [2.45, 2.75) is 105 Å². The Morgan fingerprint density at radius 3 is 2.45 bits per heavy atom. The Morgan fingerprint density at radius 1 is 1.06 bits per heavy atom. The molecule has 7 unspecified atom stereocenters. The number of hydrogen-bond acceptors (Lipinski definition) is 2. The molecule has 4 nitrogen and oxygen atoms in total. The predicted octanol–water partition coefficient (Wildman–Crippen LogP) is 5.23. The minimum atomic E-state index is -0.183. The topological polar surface area (TPSA) is 58.2 Å². The van der Waals surface area contributed by atoms with Crippen LogP contribution in [0.25, 0.3) is 0 Å². The standard InChI is InChI=1S/C27H44N2O2/c1-24(2,3)16-25(4,5)29-23(31)20-10-9-18-17-8-11-21-27(7,15-13-22(30)28-21)19(17)12-14-26(18,20)6/h13,15,17-21H,8-12,14,16H2,1-7H3,(H,28,30)(H,29,31). The molecule has 3 aliphatic carbocycles. The summed E-state index contributed by atoms with van der Waals surface area (Å²) in [7, 11) is 0. The maximum atomic E-state index is 13.5. The molecule has 0 bridgehead atoms. The van der Waals surface area contributed by atoms with Crippen LogP contribution in [0.4, 0.5) is 0 Å². The molecule has 4 heteroatoms. The van der Waals surface area contributed by atoms with Crippen molar-refractivity contribution >= 4 is 11.8 Å². The molecule has 0 aromatic rings. The zero-order valence-corrected chi connectivity index (χ0v) is 20.8. The van der Waals surface area contributed by atoms with Crippen LogP contribution in [0.5, 0.6) is 0 Å². The molecule has 1 aliphatic heterocycles. The van der Waals surface area contributed by atoms with Gasteiger partial charge >= 0.3 is 0 Å². The Labute approximate surface area is 189 Å². The third kappa shape index (κ3) is 3.97. The first-order valence-corrected chi connectivity index (χ1v) is 12.6. The van der Waals surface area contributed by atoms with Crippen molar-refractivity contribution in [3.63, 3.8) is 0 Å². The molecule has 0 aromatic heterocycles. The van der Waals surface area contributed by atoms with Crippen LogP contribution in [0.1, 0.15) is 93.4 Å². The number of hydrogen-bond donors (Lipinski definition) is 2. The van der Waals surface area contributed by atoms with Gasteiger partial charge in [-0.1, -0.05) is 40.7 Å². The highest BCUT2D eigenvalue weighted by Crippen LogP contribution is 2.65. The van der Waals surface area contributed by atoms with Gasteiger partial charge in [0.1, 0.15) is 0 Å². The largest absolute Gasteiger partial charge is 0.351 e. The predicted molar refractivity (Wildman–Crippen MR) is 125 cm³/mol. The number of fused-ring (bicyclic) bond motifs is 5. The van der Waals surface area contributed by atoms with Crippen LogP contribution in [0.3, 0.4) is 0 Å². The van der Waals surface area contributed by atoms with Crippen molar-refractivity contribution < 1.29 is 9.59 Å². The SMILES string of the molecule is CC(C)(C)CC(C)(C)NC(=O)C1CCC2C3CCC4NC(=O)C=CC4(C)C3CCC12C. The molecule has 7 atom stereocenters. The maximum Gasteiger partial charge on any atom is 0.243 e. The second-order valence-corrected chi connectivity index (χ2v) is 13.5. The first kappa shape index (κ1) is 22.9. The molecule has 1 heterocycles. The Hall–Kier alpha value is -1.32. The van der Waals surface area contributed by atoms with E-state index >= 15 is 0 Å². The van der Waals surface area contributed by atoms with Crippen LogP contribution in [0.2, 0.25) is 0 Å². The minimum absolute atomic E-state index is 0.0627. The summed E-state index contributed by atoms with van der Waals surface area (Å²) in [4.78, 5) is 25.5.